The van der Waals surface area contributed by atoms with E-state index in [1.807, 2.05) is 6.07 Å². The molecule has 0 atom stereocenters. The van der Waals surface area contributed by atoms with E-state index < -0.39 is 5.41 Å². The maximum atomic E-state index is 12.6. The predicted molar refractivity (Wildman–Crippen MR) is 100 cm³/mol. The van der Waals surface area contributed by atoms with Crippen molar-refractivity contribution in [3.05, 3.63) is 71.3 Å². The van der Waals surface area contributed by atoms with Crippen LogP contribution in [0.4, 0.5) is 0 Å². The molecule has 0 saturated heterocycles. The Balaban J connectivity index is 1.67. The molecule has 1 aliphatic carbocycles. The second-order valence-electron chi connectivity index (χ2n) is 7.08. The smallest absolute Gasteiger partial charge is 0.316 e. The van der Waals surface area contributed by atoms with Crippen molar-refractivity contribution < 1.29 is 9.53 Å². The maximum absolute atomic E-state index is 12.6. The van der Waals surface area contributed by atoms with Crippen LogP contribution >= 0.6 is 0 Å². The number of benzene rings is 2. The van der Waals surface area contributed by atoms with Gasteiger partial charge in [0, 0.05) is 12.6 Å². The molecule has 3 rings (SSSR count). The summed E-state index contributed by atoms with van der Waals surface area (Å²) in [5, 5.41) is 3.64. The number of rotatable bonds is 5. The third-order valence-corrected chi connectivity index (χ3v) is 5.46. The first-order valence-electron chi connectivity index (χ1n) is 9.07. The van der Waals surface area contributed by atoms with Crippen LogP contribution in [0.25, 0.3) is 0 Å². The lowest BCUT2D eigenvalue weighted by molar-refractivity contribution is -0.149. The molecule has 3 heteroatoms. The molecule has 1 saturated carbocycles. The summed E-state index contributed by atoms with van der Waals surface area (Å²) < 4.78 is 5.18. The van der Waals surface area contributed by atoms with Crippen LogP contribution in [0, 0.1) is 6.92 Å². The molecule has 2 aromatic rings. The van der Waals surface area contributed by atoms with Gasteiger partial charge in [0.25, 0.3) is 0 Å². The molecule has 0 heterocycles. The topological polar surface area (TPSA) is 38.3 Å². The van der Waals surface area contributed by atoms with Gasteiger partial charge in [-0.1, -0.05) is 60.2 Å². The molecule has 0 spiro atoms. The zero-order chi connectivity index (χ0) is 17.7. The fourth-order valence-electron chi connectivity index (χ4n) is 3.85. The molecule has 132 valence electrons. The molecule has 0 bridgehead atoms. The number of methoxy groups -OCH3 is 1. The van der Waals surface area contributed by atoms with Gasteiger partial charge in [-0.25, -0.2) is 0 Å². The van der Waals surface area contributed by atoms with E-state index in [4.69, 9.17) is 4.74 Å². The summed E-state index contributed by atoms with van der Waals surface area (Å²) in [4.78, 5) is 12.6. The predicted octanol–water partition coefficient (Wildman–Crippen LogP) is 4.14. The molecule has 3 nitrogen and oxygen atoms in total. The van der Waals surface area contributed by atoms with Crippen molar-refractivity contribution in [1.29, 1.82) is 0 Å². The summed E-state index contributed by atoms with van der Waals surface area (Å²) in [6.07, 6.45) is 3.62. The van der Waals surface area contributed by atoms with E-state index in [1.165, 1.54) is 18.2 Å². The third kappa shape index (κ3) is 3.93. The van der Waals surface area contributed by atoms with Crippen LogP contribution in [0.3, 0.4) is 0 Å². The number of nitrogens with one attached hydrogen (secondary N) is 1. The van der Waals surface area contributed by atoms with Crippen molar-refractivity contribution in [3.63, 3.8) is 0 Å². The van der Waals surface area contributed by atoms with Gasteiger partial charge in [0.15, 0.2) is 0 Å². The SMILES string of the molecule is COC(=O)C1(c2ccc(C)cc2)CCC(NCc2ccccc2)CC1. The van der Waals surface area contributed by atoms with E-state index in [2.05, 4.69) is 60.8 Å². The Labute approximate surface area is 150 Å². The first-order chi connectivity index (χ1) is 12.1. The van der Waals surface area contributed by atoms with E-state index in [-0.39, 0.29) is 5.97 Å². The van der Waals surface area contributed by atoms with E-state index >= 15 is 0 Å². The Hall–Kier alpha value is -2.13. The minimum Gasteiger partial charge on any atom is -0.468 e. The number of carbonyl (C=O) groups excluding carboxylic acids is 1. The van der Waals surface area contributed by atoms with Crippen LogP contribution in [0.1, 0.15) is 42.4 Å². The number of aryl methyl sites for hydroxylation is 1. The normalized spacial score (nSPS) is 23.2. The van der Waals surface area contributed by atoms with Crippen LogP contribution in [0.15, 0.2) is 54.6 Å². The fraction of sp³-hybridized carbons (Fsp3) is 0.409. The van der Waals surface area contributed by atoms with Gasteiger partial charge < -0.3 is 10.1 Å². The average Bonchev–Trinajstić information content (AvgIpc) is 2.67. The molecule has 0 radical (unpaired) electrons. The van der Waals surface area contributed by atoms with Gasteiger partial charge in [-0.15, -0.1) is 0 Å². The molecule has 0 aromatic heterocycles. The van der Waals surface area contributed by atoms with Gasteiger partial charge in [-0.2, -0.15) is 0 Å². The highest BCUT2D eigenvalue weighted by molar-refractivity contribution is 5.83. The Morgan fingerprint density at radius 1 is 1.08 bits per heavy atom. The number of ether oxygens (including phenoxy) is 1. The van der Waals surface area contributed by atoms with E-state index in [0.29, 0.717) is 6.04 Å². The average molecular weight is 337 g/mol. The number of hydrogen-bond acceptors (Lipinski definition) is 3. The molecular formula is C22H27NO2. The van der Waals surface area contributed by atoms with Gasteiger partial charge in [-0.05, 0) is 43.7 Å². The Bertz CT molecular complexity index is 686. The monoisotopic (exact) mass is 337 g/mol. The zero-order valence-electron chi connectivity index (χ0n) is 15.1. The summed E-state index contributed by atoms with van der Waals surface area (Å²) in [5.41, 5.74) is 3.10. The quantitative estimate of drug-likeness (QED) is 0.834. The maximum Gasteiger partial charge on any atom is 0.316 e. The lowest BCUT2D eigenvalue weighted by Gasteiger charge is -2.38. The first kappa shape index (κ1) is 17.7. The van der Waals surface area contributed by atoms with Gasteiger partial charge in [-0.3, -0.25) is 4.79 Å². The van der Waals surface area contributed by atoms with Crippen molar-refractivity contribution in [3.8, 4) is 0 Å². The second kappa shape index (κ2) is 7.83. The van der Waals surface area contributed by atoms with Crippen LogP contribution in [-0.4, -0.2) is 19.1 Å². The standard InChI is InChI=1S/C22H27NO2/c1-17-8-10-19(11-9-17)22(21(24)25-2)14-12-20(13-15-22)23-16-18-6-4-3-5-7-18/h3-11,20,23H,12-16H2,1-2H3. The second-order valence-corrected chi connectivity index (χ2v) is 7.08. The fourth-order valence-corrected chi connectivity index (χ4v) is 3.85. The molecule has 25 heavy (non-hydrogen) atoms. The summed E-state index contributed by atoms with van der Waals surface area (Å²) in [6.45, 7) is 2.94. The van der Waals surface area contributed by atoms with Crippen molar-refractivity contribution in [2.24, 2.45) is 0 Å². The Kier molecular flexibility index (Phi) is 5.54. The highest BCUT2D eigenvalue weighted by Gasteiger charge is 2.44. The number of carbonyl (C=O) groups is 1. The van der Waals surface area contributed by atoms with Crippen LogP contribution in [0.2, 0.25) is 0 Å². The Morgan fingerprint density at radius 3 is 2.32 bits per heavy atom. The summed E-state index contributed by atoms with van der Waals surface area (Å²) >= 11 is 0. The third-order valence-electron chi connectivity index (χ3n) is 5.46. The lowest BCUT2D eigenvalue weighted by atomic mass is 9.68. The van der Waals surface area contributed by atoms with Crippen molar-refractivity contribution in [1.82, 2.24) is 5.32 Å². The lowest BCUT2D eigenvalue weighted by Crippen LogP contribution is -2.44. The molecule has 2 aromatic carbocycles. The molecule has 0 amide bonds. The van der Waals surface area contributed by atoms with Crippen LogP contribution in [-0.2, 0) is 21.5 Å². The largest absolute Gasteiger partial charge is 0.468 e. The number of hydrogen-bond donors (Lipinski definition) is 1. The van der Waals surface area contributed by atoms with E-state index in [0.717, 1.165) is 37.8 Å². The number of esters is 1. The van der Waals surface area contributed by atoms with Gasteiger partial charge >= 0.3 is 5.97 Å². The van der Waals surface area contributed by atoms with Gasteiger partial charge in [0.05, 0.1) is 12.5 Å². The van der Waals surface area contributed by atoms with Crippen LogP contribution < -0.4 is 5.32 Å². The molecule has 0 aliphatic heterocycles. The van der Waals surface area contributed by atoms with E-state index in [9.17, 15) is 4.79 Å². The van der Waals surface area contributed by atoms with Crippen molar-refractivity contribution in [2.75, 3.05) is 7.11 Å². The van der Waals surface area contributed by atoms with E-state index in [1.54, 1.807) is 0 Å². The molecule has 1 aliphatic rings. The molecule has 1 fully saturated rings. The minimum atomic E-state index is -0.493. The highest BCUT2D eigenvalue weighted by atomic mass is 16.5. The van der Waals surface area contributed by atoms with Crippen molar-refractivity contribution in [2.45, 2.75) is 50.6 Å². The highest BCUT2D eigenvalue weighted by Crippen LogP contribution is 2.40. The van der Waals surface area contributed by atoms with Crippen molar-refractivity contribution >= 4 is 5.97 Å². The Morgan fingerprint density at radius 2 is 1.72 bits per heavy atom. The summed E-state index contributed by atoms with van der Waals surface area (Å²) in [6, 6.07) is 19.2. The first-order valence-corrected chi connectivity index (χ1v) is 9.07. The molecule has 1 N–H and O–H groups in total. The molecule has 0 unspecified atom stereocenters. The van der Waals surface area contributed by atoms with Crippen LogP contribution in [0.5, 0.6) is 0 Å². The van der Waals surface area contributed by atoms with Gasteiger partial charge in [0.2, 0.25) is 0 Å². The van der Waals surface area contributed by atoms with Gasteiger partial charge in [0.1, 0.15) is 0 Å². The summed E-state index contributed by atoms with van der Waals surface area (Å²) in [5.74, 6) is -0.0992. The zero-order valence-corrected chi connectivity index (χ0v) is 15.1. The molecular weight excluding hydrogens is 310 g/mol. The minimum absolute atomic E-state index is 0.0992. The summed E-state index contributed by atoms with van der Waals surface area (Å²) in [7, 11) is 1.50.